The summed E-state index contributed by atoms with van der Waals surface area (Å²) in [5.74, 6) is 0.966. The van der Waals surface area contributed by atoms with E-state index in [2.05, 4.69) is 7.05 Å². The highest BCUT2D eigenvalue weighted by atomic mass is 32.2. The van der Waals surface area contributed by atoms with Crippen molar-refractivity contribution >= 4 is 22.7 Å². The summed E-state index contributed by atoms with van der Waals surface area (Å²) in [6.45, 7) is 3.64. The fourth-order valence-electron chi connectivity index (χ4n) is 3.87. The second-order valence-corrected chi connectivity index (χ2v) is 8.65. The largest absolute Gasteiger partial charge is 0.325 e. The Morgan fingerprint density at radius 3 is 2.48 bits per heavy atom. The van der Waals surface area contributed by atoms with Crippen molar-refractivity contribution < 1.29 is 4.48 Å². The topological polar surface area (TPSA) is 34.9 Å². The molecule has 27 heavy (non-hydrogen) atoms. The number of thioether (sulfide) groups is 1. The summed E-state index contributed by atoms with van der Waals surface area (Å²) in [4.78, 5) is 18.0. The Hall–Kier alpha value is -2.11. The van der Waals surface area contributed by atoms with Gasteiger partial charge in [-0.3, -0.25) is 9.36 Å². The minimum absolute atomic E-state index is 0.00710. The van der Waals surface area contributed by atoms with Gasteiger partial charge in [0.25, 0.3) is 5.56 Å². The predicted octanol–water partition coefficient (Wildman–Crippen LogP) is 4.11. The molecule has 0 unspecified atom stereocenters. The highest BCUT2D eigenvalue weighted by Crippen LogP contribution is 2.23. The van der Waals surface area contributed by atoms with Gasteiger partial charge in [-0.2, -0.15) is 0 Å². The zero-order chi connectivity index (χ0) is 18.7. The predicted molar refractivity (Wildman–Crippen MR) is 113 cm³/mol. The average Bonchev–Trinajstić information content (AvgIpc) is 2.69. The quantitative estimate of drug-likeness (QED) is 0.380. The van der Waals surface area contributed by atoms with E-state index >= 15 is 0 Å². The van der Waals surface area contributed by atoms with Gasteiger partial charge in [-0.25, -0.2) is 4.98 Å². The van der Waals surface area contributed by atoms with Crippen LogP contribution in [0.3, 0.4) is 0 Å². The van der Waals surface area contributed by atoms with Crippen LogP contribution in [0, 0.1) is 0 Å². The molecular weight excluding hydrogens is 354 g/mol. The molecule has 0 aliphatic carbocycles. The van der Waals surface area contributed by atoms with Crippen LogP contribution in [-0.4, -0.2) is 46.5 Å². The first-order valence-electron chi connectivity index (χ1n) is 9.70. The lowest BCUT2D eigenvalue weighted by Gasteiger charge is -2.37. The van der Waals surface area contributed by atoms with Gasteiger partial charge < -0.3 is 4.48 Å². The lowest BCUT2D eigenvalue weighted by atomic mass is 10.1. The minimum Gasteiger partial charge on any atom is -0.325 e. The van der Waals surface area contributed by atoms with Gasteiger partial charge in [0.05, 0.1) is 49.0 Å². The number of para-hydroxylation sites is 2. The van der Waals surface area contributed by atoms with E-state index in [0.29, 0.717) is 5.39 Å². The lowest BCUT2D eigenvalue weighted by Crippen LogP contribution is -2.49. The van der Waals surface area contributed by atoms with E-state index in [4.69, 9.17) is 4.98 Å². The van der Waals surface area contributed by atoms with Crippen LogP contribution in [0.15, 0.2) is 64.5 Å². The van der Waals surface area contributed by atoms with E-state index in [9.17, 15) is 4.79 Å². The van der Waals surface area contributed by atoms with E-state index in [-0.39, 0.29) is 5.56 Å². The van der Waals surface area contributed by atoms with Crippen LogP contribution < -0.4 is 5.56 Å². The van der Waals surface area contributed by atoms with Crippen molar-refractivity contribution in [3.8, 4) is 5.69 Å². The monoisotopic (exact) mass is 380 g/mol. The first-order chi connectivity index (χ1) is 13.2. The summed E-state index contributed by atoms with van der Waals surface area (Å²) < 4.78 is 2.90. The SMILES string of the molecule is C[N+]1(CCSc2nc3ccccc3c(=O)n2-c2ccccc2)CCCCC1. The lowest BCUT2D eigenvalue weighted by molar-refractivity contribution is -0.911. The van der Waals surface area contributed by atoms with E-state index in [1.165, 1.54) is 32.4 Å². The Kier molecular flexibility index (Phi) is 5.32. The molecule has 0 spiro atoms. The van der Waals surface area contributed by atoms with Crippen molar-refractivity contribution in [1.29, 1.82) is 0 Å². The molecule has 140 valence electrons. The van der Waals surface area contributed by atoms with Crippen LogP contribution in [0.2, 0.25) is 0 Å². The number of hydrogen-bond donors (Lipinski definition) is 0. The Morgan fingerprint density at radius 1 is 1.00 bits per heavy atom. The minimum atomic E-state index is 0.00710. The number of fused-ring (bicyclic) bond motifs is 1. The normalized spacial score (nSPS) is 16.5. The summed E-state index contributed by atoms with van der Waals surface area (Å²) in [5.41, 5.74) is 1.66. The van der Waals surface area contributed by atoms with Gasteiger partial charge in [0, 0.05) is 0 Å². The van der Waals surface area contributed by atoms with Gasteiger partial charge in [-0.15, -0.1) is 0 Å². The number of piperidine rings is 1. The van der Waals surface area contributed by atoms with Crippen molar-refractivity contribution in [2.75, 3.05) is 32.4 Å². The maximum atomic E-state index is 13.2. The number of likely N-dealkylation sites (tertiary alicyclic amines) is 1. The molecule has 1 saturated heterocycles. The number of hydrogen-bond acceptors (Lipinski definition) is 3. The van der Waals surface area contributed by atoms with E-state index in [0.717, 1.165) is 33.1 Å². The summed E-state index contributed by atoms with van der Waals surface area (Å²) in [6.07, 6.45) is 4.01. The third kappa shape index (κ3) is 3.94. The molecule has 3 aromatic rings. The molecule has 2 aromatic carbocycles. The molecular formula is C22H26N3OS+. The summed E-state index contributed by atoms with van der Waals surface area (Å²) in [6, 6.07) is 17.5. The van der Waals surface area contributed by atoms with Crippen LogP contribution in [0.4, 0.5) is 0 Å². The smallest absolute Gasteiger partial charge is 0.266 e. The summed E-state index contributed by atoms with van der Waals surface area (Å²) in [7, 11) is 2.36. The van der Waals surface area contributed by atoms with Crippen molar-refractivity contribution in [3.05, 3.63) is 65.0 Å². The molecule has 0 N–H and O–H groups in total. The standard InChI is InChI=1S/C22H26N3OS/c1-25(14-8-3-9-15-25)16-17-27-22-23-20-13-7-6-12-19(20)21(26)24(22)18-10-4-2-5-11-18/h2,4-7,10-13H,3,8-9,14-17H2,1H3/q+1. The molecule has 0 saturated carbocycles. The number of nitrogens with zero attached hydrogens (tertiary/aromatic N) is 3. The van der Waals surface area contributed by atoms with Gasteiger partial charge in [0.1, 0.15) is 0 Å². The Bertz CT molecular complexity index is 978. The van der Waals surface area contributed by atoms with Gasteiger partial charge >= 0.3 is 0 Å². The van der Waals surface area contributed by atoms with Gasteiger partial charge in [0.15, 0.2) is 5.16 Å². The highest BCUT2D eigenvalue weighted by Gasteiger charge is 2.24. The number of benzene rings is 2. The fourth-order valence-corrected chi connectivity index (χ4v) is 5.07. The van der Waals surface area contributed by atoms with E-state index < -0.39 is 0 Å². The molecule has 4 nitrogen and oxygen atoms in total. The van der Waals surface area contributed by atoms with Crippen molar-refractivity contribution in [2.45, 2.75) is 24.4 Å². The Morgan fingerprint density at radius 2 is 1.70 bits per heavy atom. The molecule has 0 amide bonds. The zero-order valence-electron chi connectivity index (χ0n) is 15.8. The molecule has 5 heteroatoms. The third-order valence-corrected chi connectivity index (χ3v) is 6.44. The maximum absolute atomic E-state index is 13.2. The van der Waals surface area contributed by atoms with Crippen LogP contribution in [0.5, 0.6) is 0 Å². The summed E-state index contributed by atoms with van der Waals surface area (Å²) in [5, 5.41) is 1.45. The number of rotatable bonds is 5. The highest BCUT2D eigenvalue weighted by molar-refractivity contribution is 7.99. The first kappa shape index (κ1) is 18.3. The molecule has 1 fully saturated rings. The Labute approximate surface area is 164 Å². The van der Waals surface area contributed by atoms with Gasteiger partial charge in [-0.1, -0.05) is 42.1 Å². The van der Waals surface area contributed by atoms with Crippen molar-refractivity contribution in [2.24, 2.45) is 0 Å². The molecule has 0 atom stereocenters. The number of quaternary nitrogens is 1. The molecule has 2 heterocycles. The van der Waals surface area contributed by atoms with Crippen LogP contribution in [-0.2, 0) is 0 Å². The third-order valence-electron chi connectivity index (χ3n) is 5.52. The maximum Gasteiger partial charge on any atom is 0.266 e. The first-order valence-corrected chi connectivity index (χ1v) is 10.7. The fraction of sp³-hybridized carbons (Fsp3) is 0.364. The molecule has 4 rings (SSSR count). The molecule has 1 aliphatic heterocycles. The molecule has 1 aromatic heterocycles. The molecule has 1 aliphatic rings. The summed E-state index contributed by atoms with van der Waals surface area (Å²) >= 11 is 1.70. The number of aromatic nitrogens is 2. The average molecular weight is 381 g/mol. The molecule has 0 bridgehead atoms. The van der Waals surface area contributed by atoms with Crippen LogP contribution in [0.1, 0.15) is 19.3 Å². The van der Waals surface area contributed by atoms with Gasteiger partial charge in [0.2, 0.25) is 0 Å². The van der Waals surface area contributed by atoms with E-state index in [1.54, 1.807) is 16.3 Å². The van der Waals surface area contributed by atoms with Crippen LogP contribution >= 0.6 is 11.8 Å². The van der Waals surface area contributed by atoms with Crippen molar-refractivity contribution in [1.82, 2.24) is 9.55 Å². The van der Waals surface area contributed by atoms with Crippen molar-refractivity contribution in [3.63, 3.8) is 0 Å². The van der Waals surface area contributed by atoms with E-state index in [1.807, 2.05) is 54.6 Å². The van der Waals surface area contributed by atoms with Gasteiger partial charge in [-0.05, 0) is 43.5 Å². The Balaban J connectivity index is 1.67. The molecule has 0 radical (unpaired) electrons. The second kappa shape index (κ2) is 7.87. The van der Waals surface area contributed by atoms with Crippen LogP contribution in [0.25, 0.3) is 16.6 Å². The zero-order valence-corrected chi connectivity index (χ0v) is 16.6. The second-order valence-electron chi connectivity index (χ2n) is 7.59.